The molecule has 3 heterocycles. The third kappa shape index (κ3) is 5.60. The molecule has 1 saturated carbocycles. The molecule has 1 N–H and O–H groups in total. The minimum Gasteiger partial charge on any atom is -0.372 e. The minimum absolute atomic E-state index is 0.188. The van der Waals surface area contributed by atoms with E-state index in [1.54, 1.807) is 65.2 Å². The second-order valence-corrected chi connectivity index (χ2v) is 17.2. The average Bonchev–Trinajstić information content (AvgIpc) is 3.82. The number of aromatic nitrogens is 3. The van der Waals surface area contributed by atoms with Crippen LogP contribution >= 0.6 is 11.6 Å². The Labute approximate surface area is 291 Å². The van der Waals surface area contributed by atoms with Gasteiger partial charge in [-0.2, -0.15) is 4.31 Å². The highest BCUT2D eigenvalue weighted by atomic mass is 35.5. The summed E-state index contributed by atoms with van der Waals surface area (Å²) in [6.07, 6.45) is 6.70. The molecule has 0 radical (unpaired) electrons. The number of sulfonamides is 1. The van der Waals surface area contributed by atoms with Crippen LogP contribution in [-0.2, 0) is 20.0 Å². The Hall–Kier alpha value is -4.23. The molecule has 1 aliphatic heterocycles. The summed E-state index contributed by atoms with van der Waals surface area (Å²) in [5.74, 6) is 0.429. The van der Waals surface area contributed by atoms with Crippen LogP contribution in [0.3, 0.4) is 0 Å². The number of hydrogen-bond donors (Lipinski definition) is 1. The maximum atomic E-state index is 13.7. The monoisotopic (exact) mass is 714 g/mol. The predicted molar refractivity (Wildman–Crippen MR) is 190 cm³/mol. The molecule has 2 bridgehead atoms. The smallest absolute Gasteiger partial charge is 0.268 e. The Balaban J connectivity index is 1.02. The van der Waals surface area contributed by atoms with E-state index in [-0.39, 0.29) is 10.4 Å². The van der Waals surface area contributed by atoms with Crippen molar-refractivity contribution in [2.24, 2.45) is 0 Å². The molecule has 13 heteroatoms. The van der Waals surface area contributed by atoms with Crippen LogP contribution in [0.25, 0.3) is 22.2 Å². The molecular formula is C36H35ClN6O4S2. The number of para-hydroxylation sites is 1. The normalized spacial score (nSPS) is 20.0. The van der Waals surface area contributed by atoms with Gasteiger partial charge in [-0.05, 0) is 62.1 Å². The molecule has 1 saturated heterocycles. The molecule has 2 fully saturated rings. The average molecular weight is 715 g/mol. The molecule has 3 aliphatic rings. The minimum atomic E-state index is -3.88. The predicted octanol–water partition coefficient (Wildman–Crippen LogP) is 6.30. The summed E-state index contributed by atoms with van der Waals surface area (Å²) < 4.78 is 56.9. The number of piperazine rings is 1. The van der Waals surface area contributed by atoms with Crippen LogP contribution < -0.4 is 5.32 Å². The van der Waals surface area contributed by atoms with Gasteiger partial charge in [0.2, 0.25) is 16.0 Å². The number of aryl methyl sites for hydroxylation is 1. The number of rotatable bonds is 8. The summed E-state index contributed by atoms with van der Waals surface area (Å²) in [5, 5.41) is 4.67. The first-order chi connectivity index (χ1) is 23.5. The van der Waals surface area contributed by atoms with Crippen LogP contribution in [0.5, 0.6) is 0 Å². The molecule has 1 unspecified atom stereocenters. The van der Waals surface area contributed by atoms with Crippen LogP contribution in [0, 0.1) is 6.92 Å². The first-order valence-electron chi connectivity index (χ1n) is 16.3. The molecule has 8 rings (SSSR count). The maximum Gasteiger partial charge on any atom is 0.268 e. The van der Waals surface area contributed by atoms with Crippen molar-refractivity contribution in [1.82, 2.24) is 23.1 Å². The second kappa shape index (κ2) is 12.0. The Bertz CT molecular complexity index is 2340. The number of halogens is 1. The van der Waals surface area contributed by atoms with Gasteiger partial charge in [0, 0.05) is 61.0 Å². The molecular weight excluding hydrogens is 680 g/mol. The van der Waals surface area contributed by atoms with Gasteiger partial charge in [0.1, 0.15) is 0 Å². The highest BCUT2D eigenvalue weighted by Crippen LogP contribution is 2.50. The second-order valence-electron chi connectivity index (χ2n) is 13.1. The van der Waals surface area contributed by atoms with Gasteiger partial charge in [-0.25, -0.2) is 30.8 Å². The summed E-state index contributed by atoms with van der Waals surface area (Å²) in [5.41, 5.74) is 5.02. The fourth-order valence-electron chi connectivity index (χ4n) is 7.46. The van der Waals surface area contributed by atoms with Crippen molar-refractivity contribution in [2.75, 3.05) is 31.5 Å². The fraction of sp³-hybridized carbons (Fsp3) is 0.278. The molecule has 0 spiro atoms. The molecule has 3 aromatic carbocycles. The lowest BCUT2D eigenvalue weighted by atomic mass is 9.93. The highest BCUT2D eigenvalue weighted by molar-refractivity contribution is 7.90. The van der Waals surface area contributed by atoms with Crippen molar-refractivity contribution < 1.29 is 16.8 Å². The van der Waals surface area contributed by atoms with Gasteiger partial charge >= 0.3 is 0 Å². The van der Waals surface area contributed by atoms with Gasteiger partial charge in [-0.1, -0.05) is 65.7 Å². The first kappa shape index (κ1) is 32.0. The van der Waals surface area contributed by atoms with E-state index in [0.29, 0.717) is 64.2 Å². The quantitative estimate of drug-likeness (QED) is 0.199. The van der Waals surface area contributed by atoms with Crippen LogP contribution in [0.4, 0.5) is 5.95 Å². The Morgan fingerprint density at radius 1 is 0.816 bits per heavy atom. The van der Waals surface area contributed by atoms with Gasteiger partial charge in [0.15, 0.2) is 0 Å². The van der Waals surface area contributed by atoms with E-state index in [0.717, 1.165) is 31.2 Å². The lowest BCUT2D eigenvalue weighted by Crippen LogP contribution is -2.49. The summed E-state index contributed by atoms with van der Waals surface area (Å²) in [6, 6.07) is 22.7. The van der Waals surface area contributed by atoms with Gasteiger partial charge < -0.3 is 10.2 Å². The summed E-state index contributed by atoms with van der Waals surface area (Å²) >= 11 is 6.71. The molecule has 5 aromatic rings. The Morgan fingerprint density at radius 3 is 2.27 bits per heavy atom. The maximum absolute atomic E-state index is 13.7. The lowest BCUT2D eigenvalue weighted by Gasteiger charge is -2.39. The van der Waals surface area contributed by atoms with Crippen molar-refractivity contribution in [3.05, 3.63) is 113 Å². The van der Waals surface area contributed by atoms with Crippen LogP contribution in [0.15, 0.2) is 112 Å². The van der Waals surface area contributed by atoms with E-state index < -0.39 is 20.0 Å². The van der Waals surface area contributed by atoms with Crippen molar-refractivity contribution in [3.8, 4) is 11.3 Å². The number of anilines is 1. The SMILES string of the molecule is Cc1ccc(S(=O)(=O)N2CCN(C3=C4CCC(Nc5ncc(Cl)c(-c6cn(S(=O)(=O)c7ccccc7)c7ccccc67)n5)(C4)C3)CC2)cc1. The van der Waals surface area contributed by atoms with Crippen LogP contribution in [0.1, 0.15) is 31.2 Å². The van der Waals surface area contributed by atoms with E-state index in [1.807, 2.05) is 37.3 Å². The first-order valence-corrected chi connectivity index (χ1v) is 19.5. The van der Waals surface area contributed by atoms with E-state index in [2.05, 4.69) is 15.2 Å². The van der Waals surface area contributed by atoms with E-state index in [9.17, 15) is 16.8 Å². The van der Waals surface area contributed by atoms with Crippen molar-refractivity contribution >= 4 is 48.5 Å². The topological polar surface area (TPSA) is 117 Å². The summed E-state index contributed by atoms with van der Waals surface area (Å²) in [6.45, 7) is 4.09. The summed E-state index contributed by atoms with van der Waals surface area (Å²) in [7, 11) is -7.42. The number of benzene rings is 3. The van der Waals surface area contributed by atoms with Crippen LogP contribution in [-0.4, -0.2) is 71.7 Å². The molecule has 10 nitrogen and oxygen atoms in total. The molecule has 2 aliphatic carbocycles. The van der Waals surface area contributed by atoms with Gasteiger partial charge in [0.05, 0.1) is 32.2 Å². The number of hydrogen-bond acceptors (Lipinski definition) is 8. The van der Waals surface area contributed by atoms with Gasteiger partial charge in [0.25, 0.3) is 10.0 Å². The third-order valence-corrected chi connectivity index (χ3v) is 13.9. The molecule has 1 atom stereocenters. The number of nitrogens with zero attached hydrogens (tertiary/aromatic N) is 5. The fourth-order valence-corrected chi connectivity index (χ4v) is 10.5. The van der Waals surface area contributed by atoms with Gasteiger partial charge in [-0.3, -0.25) is 0 Å². The lowest BCUT2D eigenvalue weighted by molar-refractivity contribution is 0.217. The van der Waals surface area contributed by atoms with E-state index >= 15 is 0 Å². The number of fused-ring (bicyclic) bond motifs is 3. The summed E-state index contributed by atoms with van der Waals surface area (Å²) in [4.78, 5) is 12.3. The zero-order valence-electron chi connectivity index (χ0n) is 26.9. The molecule has 2 aromatic heterocycles. The molecule has 49 heavy (non-hydrogen) atoms. The number of nitrogens with one attached hydrogen (secondary N) is 1. The molecule has 0 amide bonds. The van der Waals surface area contributed by atoms with Crippen molar-refractivity contribution in [1.29, 1.82) is 0 Å². The van der Waals surface area contributed by atoms with Crippen LogP contribution in [0.2, 0.25) is 5.02 Å². The van der Waals surface area contributed by atoms with Crippen molar-refractivity contribution in [2.45, 2.75) is 47.9 Å². The van der Waals surface area contributed by atoms with E-state index in [4.69, 9.17) is 16.6 Å². The van der Waals surface area contributed by atoms with Crippen molar-refractivity contribution in [3.63, 3.8) is 0 Å². The Kier molecular flexibility index (Phi) is 7.82. The zero-order chi connectivity index (χ0) is 34.0. The largest absolute Gasteiger partial charge is 0.372 e. The zero-order valence-corrected chi connectivity index (χ0v) is 29.3. The molecule has 252 valence electrons. The van der Waals surface area contributed by atoms with E-state index in [1.165, 1.54) is 15.2 Å². The van der Waals surface area contributed by atoms with Gasteiger partial charge in [-0.15, -0.1) is 0 Å². The Morgan fingerprint density at radius 2 is 1.51 bits per heavy atom. The third-order valence-electron chi connectivity index (χ3n) is 10.0. The standard InChI is InChI=1S/C36H35ClN6O4S2/c1-25-11-13-28(14-12-25)48(44,45)42-19-17-41(18-20-42)33-22-36(16-15-26(33)21-36)40-35-38-23-31(37)34(39-35)30-24-43(32-10-6-5-9-29(30)32)49(46,47)27-7-3-2-4-8-27/h2-14,23-24H,15-22H2,1H3,(H,38,39,40). The highest BCUT2D eigenvalue weighted by Gasteiger charge is 2.46.